The molecule has 1 atom stereocenters. The van der Waals surface area contributed by atoms with Crippen LogP contribution in [-0.2, 0) is 16.1 Å². The quantitative estimate of drug-likeness (QED) is 0.827. The first-order chi connectivity index (χ1) is 9.08. The fraction of sp³-hybridized carbons (Fsp3) is 0.429. The van der Waals surface area contributed by atoms with E-state index in [9.17, 15) is 9.59 Å². The van der Waals surface area contributed by atoms with Crippen molar-refractivity contribution in [3.63, 3.8) is 0 Å². The van der Waals surface area contributed by atoms with E-state index in [-0.39, 0.29) is 11.8 Å². The van der Waals surface area contributed by atoms with Crippen molar-refractivity contribution in [2.24, 2.45) is 5.92 Å². The molecule has 4 nitrogen and oxygen atoms in total. The van der Waals surface area contributed by atoms with Crippen molar-refractivity contribution in [3.8, 4) is 0 Å². The first-order valence-electron chi connectivity index (χ1n) is 6.33. The van der Waals surface area contributed by atoms with Gasteiger partial charge in [-0.15, -0.1) is 0 Å². The summed E-state index contributed by atoms with van der Waals surface area (Å²) in [6.45, 7) is 2.90. The zero-order chi connectivity index (χ0) is 13.8. The number of rotatable bonds is 4. The Hall–Kier alpha value is -1.49. The minimum absolute atomic E-state index is 0.0842. The predicted octanol–water partition coefficient (Wildman–Crippen LogP) is 1.92. The molecule has 1 unspecified atom stereocenters. The van der Waals surface area contributed by atoms with Gasteiger partial charge in [-0.3, -0.25) is 9.59 Å². The number of hydrogen-bond donors (Lipinski definition) is 2. The molecular formula is C14H18N2O2S. The molecule has 0 radical (unpaired) electrons. The summed E-state index contributed by atoms with van der Waals surface area (Å²) in [5.41, 5.74) is 1.85. The zero-order valence-electron chi connectivity index (χ0n) is 10.9. The third-order valence-electron chi connectivity index (χ3n) is 3.20. The van der Waals surface area contributed by atoms with Crippen molar-refractivity contribution in [1.82, 2.24) is 4.90 Å². The van der Waals surface area contributed by atoms with Gasteiger partial charge in [-0.05, 0) is 29.4 Å². The van der Waals surface area contributed by atoms with Gasteiger partial charge in [0, 0.05) is 32.1 Å². The van der Waals surface area contributed by atoms with Crippen LogP contribution in [0.4, 0.5) is 5.69 Å². The monoisotopic (exact) mass is 278 g/mol. The largest absolute Gasteiger partial charge is 0.338 e. The minimum atomic E-state index is -0.0842. The molecule has 1 heterocycles. The molecule has 0 spiro atoms. The van der Waals surface area contributed by atoms with E-state index in [4.69, 9.17) is 0 Å². The van der Waals surface area contributed by atoms with Crippen LogP contribution in [0, 0.1) is 5.92 Å². The summed E-state index contributed by atoms with van der Waals surface area (Å²) in [5, 5.41) is 2.72. The summed E-state index contributed by atoms with van der Waals surface area (Å²) in [6, 6.07) is 7.58. The van der Waals surface area contributed by atoms with Gasteiger partial charge in [0.25, 0.3) is 0 Å². The predicted molar refractivity (Wildman–Crippen MR) is 78.1 cm³/mol. The van der Waals surface area contributed by atoms with Crippen LogP contribution >= 0.6 is 12.6 Å². The normalized spacial score (nSPS) is 18.7. The molecule has 2 rings (SSSR count). The lowest BCUT2D eigenvalue weighted by molar-refractivity contribution is -0.128. The van der Waals surface area contributed by atoms with Gasteiger partial charge in [0.05, 0.1) is 0 Å². The minimum Gasteiger partial charge on any atom is -0.338 e. The van der Waals surface area contributed by atoms with E-state index < -0.39 is 0 Å². The fourth-order valence-corrected chi connectivity index (χ4v) is 2.49. The molecule has 0 aliphatic carbocycles. The second kappa shape index (κ2) is 6.10. The van der Waals surface area contributed by atoms with Crippen LogP contribution in [0.25, 0.3) is 0 Å². The van der Waals surface area contributed by atoms with Crippen molar-refractivity contribution in [2.45, 2.75) is 19.9 Å². The average molecular weight is 278 g/mol. The third kappa shape index (κ3) is 3.73. The van der Waals surface area contributed by atoms with Gasteiger partial charge >= 0.3 is 0 Å². The number of benzene rings is 1. The summed E-state index contributed by atoms with van der Waals surface area (Å²) in [7, 11) is 0. The third-order valence-corrected chi connectivity index (χ3v) is 3.72. The number of thiol groups is 1. The second-order valence-corrected chi connectivity index (χ2v) is 5.27. The number of amides is 2. The van der Waals surface area contributed by atoms with Crippen LogP contribution in [0.5, 0.6) is 0 Å². The lowest BCUT2D eigenvalue weighted by Crippen LogP contribution is -2.24. The van der Waals surface area contributed by atoms with Crippen molar-refractivity contribution in [3.05, 3.63) is 29.8 Å². The van der Waals surface area contributed by atoms with Gasteiger partial charge in [-0.2, -0.15) is 12.6 Å². The molecule has 1 aliphatic rings. The molecule has 0 bridgehead atoms. The maximum Gasteiger partial charge on any atom is 0.223 e. The van der Waals surface area contributed by atoms with E-state index in [0.29, 0.717) is 18.9 Å². The van der Waals surface area contributed by atoms with E-state index in [1.165, 1.54) is 6.92 Å². The standard InChI is InChI=1S/C14H18N2O2S/c1-10(17)15-13-4-2-11(3-5-13)7-16-8-12(9-19)6-14(16)18/h2-5,12,19H,6-9H2,1H3,(H,15,17). The number of nitrogens with zero attached hydrogens (tertiary/aromatic N) is 1. The Bertz CT molecular complexity index is 473. The Labute approximate surface area is 118 Å². The molecule has 1 aromatic carbocycles. The maximum atomic E-state index is 11.8. The van der Waals surface area contributed by atoms with E-state index in [1.807, 2.05) is 29.2 Å². The number of likely N-dealkylation sites (tertiary alicyclic amines) is 1. The average Bonchev–Trinajstić information content (AvgIpc) is 2.72. The summed E-state index contributed by atoms with van der Waals surface area (Å²) in [6.07, 6.45) is 0.605. The van der Waals surface area contributed by atoms with Crippen LogP contribution in [0.1, 0.15) is 18.9 Å². The molecular weight excluding hydrogens is 260 g/mol. The fourth-order valence-electron chi connectivity index (χ4n) is 2.25. The molecule has 1 N–H and O–H groups in total. The summed E-state index contributed by atoms with van der Waals surface area (Å²) >= 11 is 4.25. The van der Waals surface area contributed by atoms with E-state index in [2.05, 4.69) is 17.9 Å². The Morgan fingerprint density at radius 1 is 1.42 bits per heavy atom. The Morgan fingerprint density at radius 3 is 2.63 bits per heavy atom. The molecule has 1 saturated heterocycles. The van der Waals surface area contributed by atoms with Gasteiger partial charge in [0.2, 0.25) is 11.8 Å². The highest BCUT2D eigenvalue weighted by Crippen LogP contribution is 2.21. The van der Waals surface area contributed by atoms with Crippen LogP contribution in [0.2, 0.25) is 0 Å². The smallest absolute Gasteiger partial charge is 0.223 e. The number of carbonyl (C=O) groups excluding carboxylic acids is 2. The van der Waals surface area contributed by atoms with Crippen LogP contribution in [0.15, 0.2) is 24.3 Å². The topological polar surface area (TPSA) is 49.4 Å². The van der Waals surface area contributed by atoms with E-state index >= 15 is 0 Å². The Balaban J connectivity index is 1.96. The summed E-state index contributed by atoms with van der Waals surface area (Å²) < 4.78 is 0. The molecule has 1 aliphatic heterocycles. The highest BCUT2D eigenvalue weighted by atomic mass is 32.1. The number of hydrogen-bond acceptors (Lipinski definition) is 3. The molecule has 2 amide bonds. The summed E-state index contributed by atoms with van der Waals surface area (Å²) in [5.74, 6) is 1.24. The van der Waals surface area contributed by atoms with Crippen LogP contribution < -0.4 is 5.32 Å². The lowest BCUT2D eigenvalue weighted by Gasteiger charge is -2.16. The van der Waals surface area contributed by atoms with E-state index in [0.717, 1.165) is 23.5 Å². The highest BCUT2D eigenvalue weighted by Gasteiger charge is 2.28. The van der Waals surface area contributed by atoms with Crippen molar-refractivity contribution in [2.75, 3.05) is 17.6 Å². The lowest BCUT2D eigenvalue weighted by atomic mass is 10.1. The van der Waals surface area contributed by atoms with Gasteiger partial charge in [0.1, 0.15) is 0 Å². The highest BCUT2D eigenvalue weighted by molar-refractivity contribution is 7.80. The number of anilines is 1. The Kier molecular flexibility index (Phi) is 4.47. The van der Waals surface area contributed by atoms with Crippen molar-refractivity contribution >= 4 is 30.1 Å². The SMILES string of the molecule is CC(=O)Nc1ccc(CN2CC(CS)CC2=O)cc1. The molecule has 0 aromatic heterocycles. The first-order valence-corrected chi connectivity index (χ1v) is 6.97. The van der Waals surface area contributed by atoms with Crippen molar-refractivity contribution in [1.29, 1.82) is 0 Å². The molecule has 5 heteroatoms. The van der Waals surface area contributed by atoms with E-state index in [1.54, 1.807) is 0 Å². The number of carbonyl (C=O) groups is 2. The zero-order valence-corrected chi connectivity index (χ0v) is 11.8. The van der Waals surface area contributed by atoms with Crippen LogP contribution in [-0.4, -0.2) is 29.0 Å². The van der Waals surface area contributed by atoms with Crippen molar-refractivity contribution < 1.29 is 9.59 Å². The molecule has 19 heavy (non-hydrogen) atoms. The maximum absolute atomic E-state index is 11.8. The molecule has 0 saturated carbocycles. The second-order valence-electron chi connectivity index (χ2n) is 4.91. The molecule has 102 valence electrons. The van der Waals surface area contributed by atoms with Gasteiger partial charge in [0.15, 0.2) is 0 Å². The molecule has 1 aromatic rings. The van der Waals surface area contributed by atoms with Gasteiger partial charge in [-0.25, -0.2) is 0 Å². The van der Waals surface area contributed by atoms with Crippen LogP contribution in [0.3, 0.4) is 0 Å². The Morgan fingerprint density at radius 2 is 2.11 bits per heavy atom. The summed E-state index contributed by atoms with van der Waals surface area (Å²) in [4.78, 5) is 24.6. The first kappa shape index (κ1) is 13.9. The molecule has 1 fully saturated rings. The van der Waals surface area contributed by atoms with Gasteiger partial charge < -0.3 is 10.2 Å². The number of nitrogens with one attached hydrogen (secondary N) is 1. The van der Waals surface area contributed by atoms with Gasteiger partial charge in [-0.1, -0.05) is 12.1 Å².